The number of halogens is 1. The summed E-state index contributed by atoms with van der Waals surface area (Å²) in [7, 11) is -2.03. The third kappa shape index (κ3) is 3.64. The molecule has 1 fully saturated rings. The van der Waals surface area contributed by atoms with E-state index in [0.29, 0.717) is 24.7 Å². The van der Waals surface area contributed by atoms with Crippen molar-refractivity contribution in [3.05, 3.63) is 81.7 Å². The Kier molecular flexibility index (Phi) is 5.35. The number of benzene rings is 2. The Morgan fingerprint density at radius 3 is 2.34 bits per heavy atom. The molecule has 0 N–H and O–H groups in total. The smallest absolute Gasteiger partial charge is 0.250 e. The lowest BCUT2D eigenvalue weighted by Gasteiger charge is -2.42. The first-order chi connectivity index (χ1) is 15.4. The lowest BCUT2D eigenvalue weighted by molar-refractivity contribution is 0.187. The van der Waals surface area contributed by atoms with Crippen molar-refractivity contribution < 1.29 is 13.2 Å². The standard InChI is InChI=1S/C24H23ClN2O4S/c1-31-20-6-2-17(3-7-20)22-10-11-23(28)27-14-16-12-18(24(22)27)15-26(13-16)32(29,30)21-8-4-19(25)5-9-21/h2-11,16,18H,12-15H2,1H3/t16-,18-/m0/s1. The van der Waals surface area contributed by atoms with Crippen LogP contribution < -0.4 is 10.3 Å². The van der Waals surface area contributed by atoms with E-state index in [4.69, 9.17) is 16.3 Å². The summed E-state index contributed by atoms with van der Waals surface area (Å²) in [6.07, 6.45) is 0.860. The number of ether oxygens (including phenoxy) is 1. The minimum Gasteiger partial charge on any atom is -0.497 e. The van der Waals surface area contributed by atoms with Crippen LogP contribution in [0.25, 0.3) is 11.1 Å². The molecule has 2 bridgehead atoms. The summed E-state index contributed by atoms with van der Waals surface area (Å²) in [5.41, 5.74) is 2.81. The van der Waals surface area contributed by atoms with Gasteiger partial charge in [0.2, 0.25) is 10.0 Å². The lowest BCUT2D eigenvalue weighted by Crippen LogP contribution is -2.49. The molecule has 0 amide bonds. The van der Waals surface area contributed by atoms with Crippen LogP contribution in [0.2, 0.25) is 5.02 Å². The Morgan fingerprint density at radius 2 is 1.66 bits per heavy atom. The summed E-state index contributed by atoms with van der Waals surface area (Å²) >= 11 is 5.94. The fourth-order valence-corrected chi connectivity index (χ4v) is 6.63. The van der Waals surface area contributed by atoms with Crippen molar-refractivity contribution in [3.8, 4) is 16.9 Å². The van der Waals surface area contributed by atoms with Crippen molar-refractivity contribution >= 4 is 21.6 Å². The zero-order valence-corrected chi connectivity index (χ0v) is 19.1. The molecular weight excluding hydrogens is 448 g/mol. The van der Waals surface area contributed by atoms with Crippen molar-refractivity contribution in [1.82, 2.24) is 8.87 Å². The van der Waals surface area contributed by atoms with Crippen molar-refractivity contribution in [3.63, 3.8) is 0 Å². The van der Waals surface area contributed by atoms with Crippen LogP contribution in [-0.2, 0) is 16.6 Å². The van der Waals surface area contributed by atoms with E-state index in [1.54, 1.807) is 41.7 Å². The number of hydrogen-bond donors (Lipinski definition) is 0. The molecule has 1 aromatic heterocycles. The Labute approximate surface area is 192 Å². The van der Waals surface area contributed by atoms with Crippen LogP contribution in [0.4, 0.5) is 0 Å². The van der Waals surface area contributed by atoms with E-state index >= 15 is 0 Å². The number of aromatic nitrogens is 1. The molecule has 0 unspecified atom stereocenters. The number of piperidine rings is 1. The normalized spacial score (nSPS) is 20.6. The highest BCUT2D eigenvalue weighted by Gasteiger charge is 2.40. The van der Waals surface area contributed by atoms with Gasteiger partial charge in [-0.05, 0) is 60.4 Å². The molecular formula is C24H23ClN2O4S. The number of rotatable bonds is 4. The molecule has 0 aliphatic carbocycles. The first kappa shape index (κ1) is 21.2. The molecule has 3 aromatic rings. The highest BCUT2D eigenvalue weighted by molar-refractivity contribution is 7.89. The summed E-state index contributed by atoms with van der Waals surface area (Å²) in [4.78, 5) is 12.9. The molecule has 32 heavy (non-hydrogen) atoms. The largest absolute Gasteiger partial charge is 0.497 e. The van der Waals surface area contributed by atoms with E-state index in [2.05, 4.69) is 0 Å². The second-order valence-corrected chi connectivity index (χ2v) is 10.8. The van der Waals surface area contributed by atoms with E-state index in [1.807, 2.05) is 34.9 Å². The van der Waals surface area contributed by atoms with E-state index in [9.17, 15) is 13.2 Å². The maximum Gasteiger partial charge on any atom is 0.250 e. The Balaban J connectivity index is 1.55. The topological polar surface area (TPSA) is 68.6 Å². The zero-order valence-electron chi connectivity index (χ0n) is 17.6. The first-order valence-electron chi connectivity index (χ1n) is 10.5. The number of hydrogen-bond acceptors (Lipinski definition) is 4. The summed E-state index contributed by atoms with van der Waals surface area (Å²) < 4.78 is 35.3. The van der Waals surface area contributed by atoms with Gasteiger partial charge in [-0.3, -0.25) is 4.79 Å². The van der Waals surface area contributed by atoms with E-state index < -0.39 is 10.0 Å². The van der Waals surface area contributed by atoms with Gasteiger partial charge < -0.3 is 9.30 Å². The molecule has 0 spiro atoms. The van der Waals surface area contributed by atoms with Crippen LogP contribution in [-0.4, -0.2) is 37.5 Å². The molecule has 3 heterocycles. The van der Waals surface area contributed by atoms with Crippen molar-refractivity contribution in [2.24, 2.45) is 5.92 Å². The molecule has 8 heteroatoms. The minimum absolute atomic E-state index is 0.0408. The van der Waals surface area contributed by atoms with Gasteiger partial charge in [0, 0.05) is 47.9 Å². The molecule has 2 aliphatic rings. The van der Waals surface area contributed by atoms with Gasteiger partial charge in [0.15, 0.2) is 0 Å². The first-order valence-corrected chi connectivity index (χ1v) is 12.3. The molecule has 166 valence electrons. The molecule has 2 atom stereocenters. The SMILES string of the molecule is COc1ccc(-c2ccc(=O)n3c2[C@H]2C[C@@H](CN(S(=O)(=O)c4ccc(Cl)cc4)C2)C3)cc1. The third-order valence-electron chi connectivity index (χ3n) is 6.41. The fourth-order valence-electron chi connectivity index (χ4n) is 4.94. The predicted molar refractivity (Wildman–Crippen MR) is 124 cm³/mol. The molecule has 0 radical (unpaired) electrons. The zero-order chi connectivity index (χ0) is 22.5. The number of sulfonamides is 1. The van der Waals surface area contributed by atoms with E-state index in [-0.39, 0.29) is 22.3 Å². The van der Waals surface area contributed by atoms with Gasteiger partial charge in [-0.1, -0.05) is 23.7 Å². The Morgan fingerprint density at radius 1 is 0.938 bits per heavy atom. The summed E-state index contributed by atoms with van der Waals surface area (Å²) in [6, 6.07) is 17.4. The third-order valence-corrected chi connectivity index (χ3v) is 8.51. The maximum atomic E-state index is 13.3. The van der Waals surface area contributed by atoms with E-state index in [0.717, 1.165) is 29.0 Å². The fraction of sp³-hybridized carbons (Fsp3) is 0.292. The molecule has 2 aliphatic heterocycles. The van der Waals surface area contributed by atoms with Crippen molar-refractivity contribution in [2.45, 2.75) is 23.8 Å². The number of methoxy groups -OCH3 is 1. The van der Waals surface area contributed by atoms with Gasteiger partial charge in [-0.25, -0.2) is 8.42 Å². The Hall–Kier alpha value is -2.61. The van der Waals surface area contributed by atoms with Crippen LogP contribution in [0, 0.1) is 5.92 Å². The monoisotopic (exact) mass is 470 g/mol. The average molecular weight is 471 g/mol. The molecule has 0 saturated carbocycles. The van der Waals surface area contributed by atoms with Crippen LogP contribution in [0.3, 0.4) is 0 Å². The van der Waals surface area contributed by atoms with Crippen LogP contribution >= 0.6 is 11.6 Å². The second-order valence-electron chi connectivity index (χ2n) is 8.38. The van der Waals surface area contributed by atoms with Crippen molar-refractivity contribution in [1.29, 1.82) is 0 Å². The maximum absolute atomic E-state index is 13.3. The van der Waals surface area contributed by atoms with Gasteiger partial charge in [0.05, 0.1) is 12.0 Å². The number of fused-ring (bicyclic) bond motifs is 4. The van der Waals surface area contributed by atoms with Gasteiger partial charge in [0.25, 0.3) is 5.56 Å². The highest BCUT2D eigenvalue weighted by atomic mass is 35.5. The molecule has 2 aromatic carbocycles. The van der Waals surface area contributed by atoms with Crippen molar-refractivity contribution in [2.75, 3.05) is 20.2 Å². The van der Waals surface area contributed by atoms with Crippen LogP contribution in [0.1, 0.15) is 18.0 Å². The minimum atomic E-state index is -3.65. The van der Waals surface area contributed by atoms with Crippen LogP contribution in [0.15, 0.2) is 70.4 Å². The lowest BCUT2D eigenvalue weighted by atomic mass is 9.81. The average Bonchev–Trinajstić information content (AvgIpc) is 2.80. The summed E-state index contributed by atoms with van der Waals surface area (Å²) in [6.45, 7) is 1.26. The second kappa shape index (κ2) is 8.06. The van der Waals surface area contributed by atoms with E-state index in [1.165, 1.54) is 0 Å². The number of pyridine rings is 1. The predicted octanol–water partition coefficient (Wildman–Crippen LogP) is 3.99. The van der Waals surface area contributed by atoms with Gasteiger partial charge in [-0.15, -0.1) is 0 Å². The molecule has 6 nitrogen and oxygen atoms in total. The highest BCUT2D eigenvalue weighted by Crippen LogP contribution is 2.41. The van der Waals surface area contributed by atoms with Gasteiger partial charge in [-0.2, -0.15) is 4.31 Å². The molecule has 1 saturated heterocycles. The van der Waals surface area contributed by atoms with Crippen LogP contribution in [0.5, 0.6) is 5.75 Å². The van der Waals surface area contributed by atoms with Gasteiger partial charge in [0.1, 0.15) is 5.75 Å². The molecule has 5 rings (SSSR count). The van der Waals surface area contributed by atoms with Gasteiger partial charge >= 0.3 is 0 Å². The quantitative estimate of drug-likeness (QED) is 0.578. The summed E-state index contributed by atoms with van der Waals surface area (Å²) in [5, 5.41) is 0.497. The summed E-state index contributed by atoms with van der Waals surface area (Å²) in [5.74, 6) is 0.788. The Bertz CT molecular complexity index is 1320. The number of nitrogens with zero attached hydrogens (tertiary/aromatic N) is 2.